The summed E-state index contributed by atoms with van der Waals surface area (Å²) >= 11 is 0. The van der Waals surface area contributed by atoms with E-state index in [-0.39, 0.29) is 36.1 Å². The van der Waals surface area contributed by atoms with Crippen LogP contribution in [0.2, 0.25) is 0 Å². The van der Waals surface area contributed by atoms with Crippen LogP contribution < -0.4 is 16.4 Å². The number of aromatic nitrogens is 2. The van der Waals surface area contributed by atoms with Crippen LogP contribution in [0.25, 0.3) is 16.9 Å². The summed E-state index contributed by atoms with van der Waals surface area (Å²) in [7, 11) is 0. The van der Waals surface area contributed by atoms with Crippen molar-refractivity contribution < 1.29 is 23.1 Å². The molecule has 0 saturated carbocycles. The molecule has 0 aliphatic rings. The summed E-state index contributed by atoms with van der Waals surface area (Å²) < 4.78 is 34.6. The Balaban J connectivity index is 2.07. The molecule has 1 aromatic carbocycles. The van der Waals surface area contributed by atoms with E-state index < -0.39 is 17.6 Å². The molecule has 0 spiro atoms. The number of ether oxygens (including phenoxy) is 1. The van der Waals surface area contributed by atoms with Crippen LogP contribution in [-0.2, 0) is 9.53 Å². The number of hydrogen-bond acceptors (Lipinski definition) is 6. The zero-order valence-corrected chi connectivity index (χ0v) is 16.2. The van der Waals surface area contributed by atoms with Gasteiger partial charge in [0, 0.05) is 30.4 Å². The lowest BCUT2D eigenvalue weighted by Gasteiger charge is -2.09. The Morgan fingerprint density at radius 1 is 1.23 bits per heavy atom. The van der Waals surface area contributed by atoms with Crippen molar-refractivity contribution in [2.45, 2.75) is 6.92 Å². The number of pyridine rings is 1. The molecule has 0 aliphatic heterocycles. The number of hydrogen-bond donors (Lipinski definition) is 3. The third-order valence-electron chi connectivity index (χ3n) is 4.21. The maximum Gasteiger partial charge on any atom is 0.325 e. The number of nitrogens with one attached hydrogen (secondary N) is 2. The van der Waals surface area contributed by atoms with E-state index in [0.29, 0.717) is 24.3 Å². The van der Waals surface area contributed by atoms with Gasteiger partial charge in [-0.25, -0.2) is 13.8 Å². The van der Waals surface area contributed by atoms with Crippen LogP contribution in [0.5, 0.6) is 0 Å². The Kier molecular flexibility index (Phi) is 6.58. The largest absolute Gasteiger partial charge is 0.465 e. The van der Waals surface area contributed by atoms with Gasteiger partial charge in [0.2, 0.25) is 0 Å². The van der Waals surface area contributed by atoms with E-state index in [4.69, 9.17) is 10.5 Å². The van der Waals surface area contributed by atoms with E-state index in [1.165, 1.54) is 6.07 Å². The minimum atomic E-state index is -0.681. The maximum atomic E-state index is 14.4. The normalized spacial score (nSPS) is 10.8. The first-order chi connectivity index (χ1) is 14.4. The number of nitrogens with zero attached hydrogens (tertiary/aromatic N) is 2. The molecule has 3 aromatic rings. The summed E-state index contributed by atoms with van der Waals surface area (Å²) in [6.07, 6.45) is 1.55. The van der Waals surface area contributed by atoms with Crippen LogP contribution in [0.1, 0.15) is 17.3 Å². The Hall–Kier alpha value is -3.53. The van der Waals surface area contributed by atoms with Gasteiger partial charge in [0.1, 0.15) is 35.3 Å². The Bertz CT molecular complexity index is 1080. The van der Waals surface area contributed by atoms with Crippen molar-refractivity contribution in [2.75, 3.05) is 31.6 Å². The highest BCUT2D eigenvalue weighted by Gasteiger charge is 2.20. The van der Waals surface area contributed by atoms with Gasteiger partial charge in [-0.2, -0.15) is 0 Å². The number of amides is 1. The van der Waals surface area contributed by atoms with Crippen LogP contribution in [0.15, 0.2) is 36.5 Å². The lowest BCUT2D eigenvalue weighted by molar-refractivity contribution is -0.140. The summed E-state index contributed by atoms with van der Waals surface area (Å²) in [6.45, 7) is 2.29. The molecule has 0 atom stereocenters. The van der Waals surface area contributed by atoms with Crippen LogP contribution in [-0.4, -0.2) is 47.5 Å². The number of carbonyl (C=O) groups excluding carboxylic acids is 2. The molecule has 0 bridgehead atoms. The number of rotatable bonds is 8. The number of esters is 1. The molecule has 10 heteroatoms. The van der Waals surface area contributed by atoms with Crippen molar-refractivity contribution in [2.24, 2.45) is 5.73 Å². The van der Waals surface area contributed by atoms with Crippen LogP contribution >= 0.6 is 0 Å². The van der Waals surface area contributed by atoms with Gasteiger partial charge >= 0.3 is 5.97 Å². The second kappa shape index (κ2) is 9.31. The van der Waals surface area contributed by atoms with Gasteiger partial charge in [0.25, 0.3) is 5.91 Å². The fraction of sp³-hybridized carbons (Fsp3) is 0.250. The van der Waals surface area contributed by atoms with Gasteiger partial charge in [0.15, 0.2) is 0 Å². The SMILES string of the molecule is CCOC(=O)CNc1c(-c2cc(F)ccc2F)nc2cc(C(=O)NCCN)ccn12. The molecular formula is C20H21F2N5O3. The Morgan fingerprint density at radius 3 is 2.77 bits per heavy atom. The van der Waals surface area contributed by atoms with Crippen molar-refractivity contribution in [3.8, 4) is 11.3 Å². The van der Waals surface area contributed by atoms with Crippen LogP contribution in [0.3, 0.4) is 0 Å². The van der Waals surface area contributed by atoms with Gasteiger partial charge in [-0.3, -0.25) is 14.0 Å². The molecule has 0 unspecified atom stereocenters. The van der Waals surface area contributed by atoms with E-state index in [1.807, 2.05) is 0 Å². The fourth-order valence-electron chi connectivity index (χ4n) is 2.88. The molecule has 0 radical (unpaired) electrons. The average molecular weight is 417 g/mol. The summed E-state index contributed by atoms with van der Waals surface area (Å²) in [5, 5.41) is 5.52. The van der Waals surface area contributed by atoms with Gasteiger partial charge in [-0.15, -0.1) is 0 Å². The third kappa shape index (κ3) is 4.54. The van der Waals surface area contributed by atoms with E-state index in [0.717, 1.165) is 18.2 Å². The maximum absolute atomic E-state index is 14.4. The first-order valence-corrected chi connectivity index (χ1v) is 9.30. The number of nitrogens with two attached hydrogens (primary N) is 1. The highest BCUT2D eigenvalue weighted by molar-refractivity contribution is 5.95. The summed E-state index contributed by atoms with van der Waals surface area (Å²) in [6, 6.07) is 6.06. The minimum Gasteiger partial charge on any atom is -0.465 e. The summed E-state index contributed by atoms with van der Waals surface area (Å²) in [4.78, 5) is 28.3. The smallest absolute Gasteiger partial charge is 0.325 e. The van der Waals surface area contributed by atoms with Gasteiger partial charge < -0.3 is 21.1 Å². The van der Waals surface area contributed by atoms with Crippen LogP contribution in [0.4, 0.5) is 14.6 Å². The highest BCUT2D eigenvalue weighted by Crippen LogP contribution is 2.31. The number of imidazole rings is 1. The predicted octanol–water partition coefficient (Wildman–Crippen LogP) is 1.94. The Morgan fingerprint density at radius 2 is 2.03 bits per heavy atom. The number of carbonyl (C=O) groups is 2. The number of fused-ring (bicyclic) bond motifs is 1. The average Bonchev–Trinajstić information content (AvgIpc) is 3.09. The lowest BCUT2D eigenvalue weighted by Crippen LogP contribution is -2.29. The van der Waals surface area contributed by atoms with Crippen molar-refractivity contribution in [3.05, 3.63) is 53.7 Å². The van der Waals surface area contributed by atoms with Crippen LogP contribution in [0, 0.1) is 11.6 Å². The topological polar surface area (TPSA) is 111 Å². The van der Waals surface area contributed by atoms with E-state index in [2.05, 4.69) is 15.6 Å². The molecular weight excluding hydrogens is 396 g/mol. The second-order valence-electron chi connectivity index (χ2n) is 6.28. The molecule has 8 nitrogen and oxygen atoms in total. The molecule has 2 heterocycles. The van der Waals surface area contributed by atoms with Gasteiger partial charge in [0.05, 0.1) is 6.61 Å². The minimum absolute atomic E-state index is 0.0841. The highest BCUT2D eigenvalue weighted by atomic mass is 19.1. The molecule has 0 saturated heterocycles. The first-order valence-electron chi connectivity index (χ1n) is 9.30. The zero-order valence-electron chi connectivity index (χ0n) is 16.2. The monoisotopic (exact) mass is 417 g/mol. The molecule has 158 valence electrons. The summed E-state index contributed by atoms with van der Waals surface area (Å²) in [5.41, 5.74) is 6.03. The number of benzene rings is 1. The quantitative estimate of drug-likeness (QED) is 0.483. The standard InChI is InChI=1S/C20H21F2N5O3/c1-2-30-17(28)11-25-19-18(14-10-13(21)3-4-15(14)22)26-16-9-12(5-8-27(16)19)20(29)24-7-6-23/h3-5,8-10,25H,2,6-7,11,23H2,1H3,(H,24,29). The number of halogens is 2. The molecule has 0 fully saturated rings. The molecule has 4 N–H and O–H groups in total. The van der Waals surface area contributed by atoms with E-state index >= 15 is 0 Å². The molecule has 2 aromatic heterocycles. The zero-order chi connectivity index (χ0) is 21.7. The van der Waals surface area contributed by atoms with Crippen molar-refractivity contribution in [1.29, 1.82) is 0 Å². The van der Waals surface area contributed by atoms with Gasteiger partial charge in [-0.05, 0) is 37.3 Å². The Labute approximate surface area is 171 Å². The molecule has 0 aliphatic carbocycles. The van der Waals surface area contributed by atoms with E-state index in [1.54, 1.807) is 23.6 Å². The van der Waals surface area contributed by atoms with E-state index in [9.17, 15) is 18.4 Å². The number of anilines is 1. The molecule has 3 rings (SSSR count). The first kappa shape index (κ1) is 21.2. The van der Waals surface area contributed by atoms with Gasteiger partial charge in [-0.1, -0.05) is 0 Å². The third-order valence-corrected chi connectivity index (χ3v) is 4.21. The summed E-state index contributed by atoms with van der Waals surface area (Å²) in [5.74, 6) is -1.92. The lowest BCUT2D eigenvalue weighted by atomic mass is 10.1. The fourth-order valence-corrected chi connectivity index (χ4v) is 2.88. The molecule has 1 amide bonds. The van der Waals surface area contributed by atoms with Crippen molar-refractivity contribution in [1.82, 2.24) is 14.7 Å². The second-order valence-corrected chi connectivity index (χ2v) is 6.28. The van der Waals surface area contributed by atoms with Crippen molar-refractivity contribution in [3.63, 3.8) is 0 Å². The predicted molar refractivity (Wildman–Crippen MR) is 107 cm³/mol. The van der Waals surface area contributed by atoms with Crippen molar-refractivity contribution >= 4 is 23.3 Å². The molecule has 30 heavy (non-hydrogen) atoms.